The maximum atomic E-state index is 11.8. The van der Waals surface area contributed by atoms with E-state index < -0.39 is 0 Å². The predicted molar refractivity (Wildman–Crippen MR) is 71.6 cm³/mol. The molecule has 0 spiro atoms. The minimum absolute atomic E-state index is 0.0139. The number of hydrogen-bond donors (Lipinski definition) is 1. The first kappa shape index (κ1) is 13.5. The lowest BCUT2D eigenvalue weighted by Gasteiger charge is -2.14. The maximum Gasteiger partial charge on any atom is 0.249 e. The van der Waals surface area contributed by atoms with Crippen molar-refractivity contribution in [1.82, 2.24) is 10.3 Å². The Labute approximate surface area is 112 Å². The molecule has 0 bridgehead atoms. The molecule has 1 saturated heterocycles. The zero-order chi connectivity index (χ0) is 13.2. The van der Waals surface area contributed by atoms with Crippen molar-refractivity contribution in [1.29, 1.82) is 0 Å². The Morgan fingerprint density at radius 2 is 2.39 bits per heavy atom. The highest BCUT2D eigenvalue weighted by molar-refractivity contribution is 7.09. The van der Waals surface area contributed by atoms with Crippen LogP contribution in [0.3, 0.4) is 0 Å². The van der Waals surface area contributed by atoms with E-state index in [-0.39, 0.29) is 17.4 Å². The Bertz CT molecular complexity index is 417. The van der Waals surface area contributed by atoms with Gasteiger partial charge in [-0.1, -0.05) is 20.8 Å². The molecule has 5 heteroatoms. The molecule has 1 aromatic heterocycles. The smallest absolute Gasteiger partial charge is 0.249 e. The molecule has 0 aliphatic carbocycles. The first-order valence-corrected chi connectivity index (χ1v) is 7.19. The van der Waals surface area contributed by atoms with Crippen molar-refractivity contribution in [3.05, 3.63) is 16.1 Å². The highest BCUT2D eigenvalue weighted by atomic mass is 32.1. The van der Waals surface area contributed by atoms with E-state index in [1.807, 2.05) is 0 Å². The number of ether oxygens (including phenoxy) is 1. The zero-order valence-electron chi connectivity index (χ0n) is 11.2. The largest absolute Gasteiger partial charge is 0.368 e. The first-order valence-electron chi connectivity index (χ1n) is 6.31. The van der Waals surface area contributed by atoms with Crippen LogP contribution in [0.2, 0.25) is 0 Å². The summed E-state index contributed by atoms with van der Waals surface area (Å²) in [6, 6.07) is 0. The molecule has 1 aromatic rings. The van der Waals surface area contributed by atoms with Crippen molar-refractivity contribution in [3.63, 3.8) is 0 Å². The quantitative estimate of drug-likeness (QED) is 0.914. The second-order valence-electron chi connectivity index (χ2n) is 5.60. The normalized spacial score (nSPS) is 20.1. The van der Waals surface area contributed by atoms with Gasteiger partial charge in [-0.3, -0.25) is 4.79 Å². The van der Waals surface area contributed by atoms with E-state index in [0.717, 1.165) is 23.5 Å². The molecule has 2 rings (SSSR count). The molecule has 1 amide bonds. The molecule has 0 saturated carbocycles. The molecule has 2 heterocycles. The van der Waals surface area contributed by atoms with E-state index in [2.05, 4.69) is 36.5 Å². The fourth-order valence-electron chi connectivity index (χ4n) is 1.80. The summed E-state index contributed by atoms with van der Waals surface area (Å²) in [4.78, 5) is 16.3. The topological polar surface area (TPSA) is 51.2 Å². The SMILES string of the molecule is CC(C)(C)c1csc(CNC(=O)[C@H]2CCCO2)n1. The second kappa shape index (κ2) is 5.36. The number of rotatable bonds is 3. The predicted octanol–water partition coefficient (Wildman–Crippen LogP) is 2.24. The van der Waals surface area contributed by atoms with Crippen LogP contribution in [0.4, 0.5) is 0 Å². The van der Waals surface area contributed by atoms with Gasteiger partial charge in [0.05, 0.1) is 12.2 Å². The molecule has 1 atom stereocenters. The highest BCUT2D eigenvalue weighted by Gasteiger charge is 2.23. The zero-order valence-corrected chi connectivity index (χ0v) is 12.0. The Hall–Kier alpha value is -0.940. The van der Waals surface area contributed by atoms with E-state index >= 15 is 0 Å². The van der Waals surface area contributed by atoms with Crippen molar-refractivity contribution < 1.29 is 9.53 Å². The van der Waals surface area contributed by atoms with Crippen molar-refractivity contribution in [2.75, 3.05) is 6.61 Å². The Morgan fingerprint density at radius 3 is 2.94 bits per heavy atom. The first-order chi connectivity index (χ1) is 8.47. The van der Waals surface area contributed by atoms with Crippen LogP contribution >= 0.6 is 11.3 Å². The molecule has 0 unspecified atom stereocenters. The molecule has 100 valence electrons. The van der Waals surface area contributed by atoms with Gasteiger partial charge in [0.1, 0.15) is 11.1 Å². The third kappa shape index (κ3) is 3.29. The number of nitrogens with one attached hydrogen (secondary N) is 1. The van der Waals surface area contributed by atoms with Gasteiger partial charge in [0.15, 0.2) is 0 Å². The summed E-state index contributed by atoms with van der Waals surface area (Å²) >= 11 is 1.59. The van der Waals surface area contributed by atoms with Gasteiger partial charge in [-0.15, -0.1) is 11.3 Å². The maximum absolute atomic E-state index is 11.8. The van der Waals surface area contributed by atoms with Gasteiger partial charge in [0.2, 0.25) is 5.91 Å². The van der Waals surface area contributed by atoms with Crippen LogP contribution in [0.5, 0.6) is 0 Å². The van der Waals surface area contributed by atoms with Gasteiger partial charge in [-0.05, 0) is 12.8 Å². The van der Waals surface area contributed by atoms with Crippen LogP contribution in [0, 0.1) is 0 Å². The van der Waals surface area contributed by atoms with Crippen molar-refractivity contribution in [2.24, 2.45) is 0 Å². The average molecular weight is 268 g/mol. The second-order valence-corrected chi connectivity index (χ2v) is 6.54. The van der Waals surface area contributed by atoms with Crippen molar-refractivity contribution >= 4 is 17.2 Å². The van der Waals surface area contributed by atoms with Gasteiger partial charge < -0.3 is 10.1 Å². The molecule has 4 nitrogen and oxygen atoms in total. The third-order valence-electron chi connectivity index (χ3n) is 2.96. The monoisotopic (exact) mass is 268 g/mol. The van der Waals surface area contributed by atoms with Gasteiger partial charge in [-0.2, -0.15) is 0 Å². The summed E-state index contributed by atoms with van der Waals surface area (Å²) in [7, 11) is 0. The number of carbonyl (C=O) groups excluding carboxylic acids is 1. The lowest BCUT2D eigenvalue weighted by Crippen LogP contribution is -2.33. The summed E-state index contributed by atoms with van der Waals surface area (Å²) in [5.74, 6) is -0.0139. The molecule has 1 N–H and O–H groups in total. The Kier molecular flexibility index (Phi) is 4.02. The van der Waals surface area contributed by atoms with Crippen LogP contribution in [-0.4, -0.2) is 23.6 Å². The molecule has 0 radical (unpaired) electrons. The van der Waals surface area contributed by atoms with Crippen LogP contribution in [0.15, 0.2) is 5.38 Å². The number of carbonyl (C=O) groups is 1. The summed E-state index contributed by atoms with van der Waals surface area (Å²) in [6.45, 7) is 7.60. The fourth-order valence-corrected chi connectivity index (χ4v) is 2.76. The minimum atomic E-state index is -0.257. The summed E-state index contributed by atoms with van der Waals surface area (Å²) in [5.41, 5.74) is 1.14. The minimum Gasteiger partial charge on any atom is -0.368 e. The van der Waals surface area contributed by atoms with Crippen molar-refractivity contribution in [3.8, 4) is 0 Å². The van der Waals surface area contributed by atoms with E-state index in [0.29, 0.717) is 13.2 Å². The number of amides is 1. The van der Waals surface area contributed by atoms with Crippen LogP contribution < -0.4 is 5.32 Å². The van der Waals surface area contributed by atoms with Gasteiger partial charge in [0.25, 0.3) is 0 Å². The van der Waals surface area contributed by atoms with Crippen LogP contribution in [0.25, 0.3) is 0 Å². The number of aromatic nitrogens is 1. The number of thiazole rings is 1. The number of hydrogen-bond acceptors (Lipinski definition) is 4. The van der Waals surface area contributed by atoms with Crippen LogP contribution in [-0.2, 0) is 21.5 Å². The number of nitrogens with zero attached hydrogens (tertiary/aromatic N) is 1. The summed E-state index contributed by atoms with van der Waals surface area (Å²) in [6.07, 6.45) is 1.55. The lowest BCUT2D eigenvalue weighted by molar-refractivity contribution is -0.130. The lowest BCUT2D eigenvalue weighted by atomic mass is 9.93. The standard InChI is InChI=1S/C13H20N2O2S/c1-13(2,3)10-8-18-11(15-10)7-14-12(16)9-5-4-6-17-9/h8-9H,4-7H2,1-3H3,(H,14,16)/t9-/m1/s1. The van der Waals surface area contributed by atoms with Gasteiger partial charge in [0, 0.05) is 17.4 Å². The van der Waals surface area contributed by atoms with E-state index in [9.17, 15) is 4.79 Å². The third-order valence-corrected chi connectivity index (χ3v) is 3.80. The molecule has 0 aromatic carbocycles. The molecule has 1 aliphatic rings. The highest BCUT2D eigenvalue weighted by Crippen LogP contribution is 2.23. The molecule has 1 fully saturated rings. The van der Waals surface area contributed by atoms with Crippen molar-refractivity contribution in [2.45, 2.75) is 51.7 Å². The van der Waals surface area contributed by atoms with Gasteiger partial charge in [-0.25, -0.2) is 4.98 Å². The Morgan fingerprint density at radius 1 is 1.61 bits per heavy atom. The van der Waals surface area contributed by atoms with E-state index in [1.54, 1.807) is 11.3 Å². The molecular weight excluding hydrogens is 248 g/mol. The Balaban J connectivity index is 1.86. The fraction of sp³-hybridized carbons (Fsp3) is 0.692. The molecule has 1 aliphatic heterocycles. The van der Waals surface area contributed by atoms with E-state index in [1.165, 1.54) is 0 Å². The average Bonchev–Trinajstić information content (AvgIpc) is 2.96. The van der Waals surface area contributed by atoms with Crippen LogP contribution in [0.1, 0.15) is 44.3 Å². The summed E-state index contributed by atoms with van der Waals surface area (Å²) < 4.78 is 5.33. The van der Waals surface area contributed by atoms with E-state index in [4.69, 9.17) is 4.74 Å². The van der Waals surface area contributed by atoms with Gasteiger partial charge >= 0.3 is 0 Å². The summed E-state index contributed by atoms with van der Waals surface area (Å²) in [5, 5.41) is 5.90. The molecular formula is C13H20N2O2S. The molecule has 18 heavy (non-hydrogen) atoms.